The van der Waals surface area contributed by atoms with Gasteiger partial charge in [0.05, 0.1) is 0 Å². The van der Waals surface area contributed by atoms with E-state index in [1.807, 2.05) is 56.3 Å². The second-order valence-corrected chi connectivity index (χ2v) is 3.30. The number of aliphatic hydroxyl groups is 1. The Bertz CT molecular complexity index is 293. The van der Waals surface area contributed by atoms with E-state index in [-0.39, 0.29) is 6.10 Å². The number of allylic oxidation sites excluding steroid dienone is 1. The van der Waals surface area contributed by atoms with Gasteiger partial charge in [-0.2, -0.15) is 0 Å². The summed E-state index contributed by atoms with van der Waals surface area (Å²) in [4.78, 5) is 0. The van der Waals surface area contributed by atoms with Gasteiger partial charge in [-0.25, -0.2) is 0 Å². The fraction of sp³-hybridized carbons (Fsp3) is 0.385. The van der Waals surface area contributed by atoms with Gasteiger partial charge >= 0.3 is 0 Å². The normalized spacial score (nSPS) is 15.4. The molecule has 2 atom stereocenters. The lowest BCUT2D eigenvalue weighted by Gasteiger charge is -2.20. The van der Waals surface area contributed by atoms with Crippen molar-refractivity contribution in [1.29, 1.82) is 0 Å². The predicted molar refractivity (Wildman–Crippen MR) is 61.6 cm³/mol. The molecule has 2 nitrogen and oxygen atoms in total. The summed E-state index contributed by atoms with van der Waals surface area (Å²) in [7, 11) is 0. The smallest absolute Gasteiger partial charge is 0.109 e. The van der Waals surface area contributed by atoms with E-state index in [0.29, 0.717) is 6.61 Å². The van der Waals surface area contributed by atoms with Gasteiger partial charge in [-0.05, 0) is 19.4 Å². The Morgan fingerprint density at radius 1 is 1.33 bits per heavy atom. The number of hydrogen-bond acceptors (Lipinski definition) is 2. The largest absolute Gasteiger partial charge is 0.385 e. The first kappa shape index (κ1) is 12.0. The van der Waals surface area contributed by atoms with Crippen molar-refractivity contribution in [3.8, 4) is 0 Å². The monoisotopic (exact) mass is 206 g/mol. The minimum Gasteiger partial charge on any atom is -0.385 e. The Morgan fingerprint density at radius 3 is 2.53 bits per heavy atom. The van der Waals surface area contributed by atoms with Gasteiger partial charge in [0.15, 0.2) is 0 Å². The van der Waals surface area contributed by atoms with Gasteiger partial charge in [-0.1, -0.05) is 42.5 Å². The first-order valence-corrected chi connectivity index (χ1v) is 5.27. The van der Waals surface area contributed by atoms with Crippen molar-refractivity contribution in [3.05, 3.63) is 48.0 Å². The summed E-state index contributed by atoms with van der Waals surface area (Å²) in [5.74, 6) is 0. The van der Waals surface area contributed by atoms with Gasteiger partial charge < -0.3 is 9.84 Å². The van der Waals surface area contributed by atoms with Crippen LogP contribution in [0.3, 0.4) is 0 Å². The average Bonchev–Trinajstić information content (AvgIpc) is 2.29. The van der Waals surface area contributed by atoms with E-state index in [9.17, 15) is 5.11 Å². The van der Waals surface area contributed by atoms with E-state index >= 15 is 0 Å². The Hall–Kier alpha value is -1.12. The van der Waals surface area contributed by atoms with Gasteiger partial charge in [0.1, 0.15) is 12.2 Å². The summed E-state index contributed by atoms with van der Waals surface area (Å²) < 4.78 is 5.46. The standard InChI is InChI=1S/C13H18O2/c1-3-8-12(15-4-2)13(14)11-9-6-5-7-10-11/h3,5-10,12-14H,4H2,1-2H3/b8-3+/t12-,13-/m1/s1. The van der Waals surface area contributed by atoms with E-state index in [2.05, 4.69) is 0 Å². The molecule has 0 unspecified atom stereocenters. The van der Waals surface area contributed by atoms with Crippen molar-refractivity contribution in [1.82, 2.24) is 0 Å². The number of aliphatic hydroxyl groups excluding tert-OH is 1. The molecular formula is C13H18O2. The maximum Gasteiger partial charge on any atom is 0.109 e. The maximum absolute atomic E-state index is 10.1. The predicted octanol–water partition coefficient (Wildman–Crippen LogP) is 2.70. The van der Waals surface area contributed by atoms with Crippen LogP contribution in [0.1, 0.15) is 25.5 Å². The summed E-state index contributed by atoms with van der Waals surface area (Å²) in [6.45, 7) is 4.44. The second-order valence-electron chi connectivity index (χ2n) is 3.30. The molecule has 0 radical (unpaired) electrons. The summed E-state index contributed by atoms with van der Waals surface area (Å²) >= 11 is 0. The zero-order valence-corrected chi connectivity index (χ0v) is 9.26. The van der Waals surface area contributed by atoms with Gasteiger partial charge in [0.2, 0.25) is 0 Å². The van der Waals surface area contributed by atoms with Crippen molar-refractivity contribution in [2.45, 2.75) is 26.1 Å². The van der Waals surface area contributed by atoms with Gasteiger partial charge in [-0.15, -0.1) is 0 Å². The molecule has 0 saturated heterocycles. The Labute approximate surface area is 91.2 Å². The molecule has 1 rings (SSSR count). The Morgan fingerprint density at radius 2 is 2.00 bits per heavy atom. The van der Waals surface area contributed by atoms with Crippen LogP contribution in [0, 0.1) is 0 Å². The molecule has 0 aromatic heterocycles. The molecule has 0 heterocycles. The SMILES string of the molecule is C/C=C/[C@@H](OCC)[C@H](O)c1ccccc1. The van der Waals surface area contributed by atoms with Crippen molar-refractivity contribution in [3.63, 3.8) is 0 Å². The summed E-state index contributed by atoms with van der Waals surface area (Å²) in [6, 6.07) is 9.57. The molecular weight excluding hydrogens is 188 g/mol. The van der Waals surface area contributed by atoms with Gasteiger partial charge in [-0.3, -0.25) is 0 Å². The van der Waals surface area contributed by atoms with E-state index in [1.165, 1.54) is 0 Å². The number of rotatable bonds is 5. The van der Waals surface area contributed by atoms with Crippen LogP contribution >= 0.6 is 0 Å². The molecule has 1 aromatic carbocycles. The van der Waals surface area contributed by atoms with Crippen LogP contribution in [0.5, 0.6) is 0 Å². The van der Waals surface area contributed by atoms with Crippen LogP contribution < -0.4 is 0 Å². The van der Waals surface area contributed by atoms with E-state index in [4.69, 9.17) is 4.74 Å². The van der Waals surface area contributed by atoms with Crippen molar-refractivity contribution >= 4 is 0 Å². The summed E-state index contributed by atoms with van der Waals surface area (Å²) in [6.07, 6.45) is 2.91. The molecule has 82 valence electrons. The minimum atomic E-state index is -0.595. The molecule has 0 bridgehead atoms. The quantitative estimate of drug-likeness (QED) is 0.750. The van der Waals surface area contributed by atoms with E-state index in [1.54, 1.807) is 0 Å². The highest BCUT2D eigenvalue weighted by molar-refractivity contribution is 5.19. The van der Waals surface area contributed by atoms with E-state index < -0.39 is 6.10 Å². The molecule has 0 aliphatic rings. The third-order valence-corrected chi connectivity index (χ3v) is 2.19. The second kappa shape index (κ2) is 6.38. The third-order valence-electron chi connectivity index (χ3n) is 2.19. The Kier molecular flexibility index (Phi) is 5.08. The van der Waals surface area contributed by atoms with E-state index in [0.717, 1.165) is 5.56 Å². The van der Waals surface area contributed by atoms with Crippen LogP contribution in [0.25, 0.3) is 0 Å². The minimum absolute atomic E-state index is 0.262. The van der Waals surface area contributed by atoms with Crippen LogP contribution in [0.15, 0.2) is 42.5 Å². The molecule has 15 heavy (non-hydrogen) atoms. The number of benzene rings is 1. The first-order valence-electron chi connectivity index (χ1n) is 5.27. The molecule has 0 fully saturated rings. The van der Waals surface area contributed by atoms with Crippen molar-refractivity contribution in [2.24, 2.45) is 0 Å². The van der Waals surface area contributed by atoms with Crippen molar-refractivity contribution < 1.29 is 9.84 Å². The lowest BCUT2D eigenvalue weighted by atomic mass is 10.0. The van der Waals surface area contributed by atoms with Gasteiger partial charge in [0.25, 0.3) is 0 Å². The fourth-order valence-corrected chi connectivity index (χ4v) is 1.47. The molecule has 0 saturated carbocycles. The highest BCUT2D eigenvalue weighted by Gasteiger charge is 2.17. The highest BCUT2D eigenvalue weighted by atomic mass is 16.5. The third kappa shape index (κ3) is 3.50. The molecule has 1 N–H and O–H groups in total. The van der Waals surface area contributed by atoms with Crippen LogP contribution in [-0.2, 0) is 4.74 Å². The molecule has 0 spiro atoms. The lowest BCUT2D eigenvalue weighted by molar-refractivity contribution is -0.00581. The molecule has 0 amide bonds. The maximum atomic E-state index is 10.1. The van der Waals surface area contributed by atoms with Crippen LogP contribution in [0.4, 0.5) is 0 Å². The topological polar surface area (TPSA) is 29.5 Å². The average molecular weight is 206 g/mol. The zero-order chi connectivity index (χ0) is 11.1. The highest BCUT2D eigenvalue weighted by Crippen LogP contribution is 2.19. The first-order chi connectivity index (χ1) is 7.29. The molecule has 2 heteroatoms. The summed E-state index contributed by atoms with van der Waals surface area (Å²) in [5.41, 5.74) is 0.883. The number of ether oxygens (including phenoxy) is 1. The molecule has 0 aliphatic heterocycles. The molecule has 0 aliphatic carbocycles. The zero-order valence-electron chi connectivity index (χ0n) is 9.26. The number of hydrogen-bond donors (Lipinski definition) is 1. The summed E-state index contributed by atoms with van der Waals surface area (Å²) in [5, 5.41) is 10.1. The fourth-order valence-electron chi connectivity index (χ4n) is 1.47. The molecule has 1 aromatic rings. The van der Waals surface area contributed by atoms with Crippen LogP contribution in [0.2, 0.25) is 0 Å². The van der Waals surface area contributed by atoms with Crippen LogP contribution in [-0.4, -0.2) is 17.8 Å². The van der Waals surface area contributed by atoms with Crippen molar-refractivity contribution in [2.75, 3.05) is 6.61 Å². The Balaban J connectivity index is 2.76. The van der Waals surface area contributed by atoms with Gasteiger partial charge in [0, 0.05) is 6.61 Å². The lowest BCUT2D eigenvalue weighted by Crippen LogP contribution is -2.20.